The zero-order chi connectivity index (χ0) is 13.9. The topological polar surface area (TPSA) is 30.0 Å². The maximum Gasteiger partial charge on any atom is 0.165 e. The van der Waals surface area contributed by atoms with Crippen LogP contribution in [0.2, 0.25) is 0 Å². The smallest absolute Gasteiger partial charge is 0.165 e. The lowest BCUT2D eigenvalue weighted by atomic mass is 9.93. The molecular weight excluding hydrogens is 254 g/mol. The van der Waals surface area contributed by atoms with E-state index in [4.69, 9.17) is 0 Å². The first-order chi connectivity index (χ1) is 8.97. The molecule has 1 aromatic rings. The van der Waals surface area contributed by atoms with Crippen LogP contribution in [0, 0.1) is 0 Å². The van der Waals surface area contributed by atoms with Crippen LogP contribution in [0.4, 0.5) is 0 Å². The van der Waals surface area contributed by atoms with Gasteiger partial charge in [0.25, 0.3) is 0 Å². The summed E-state index contributed by atoms with van der Waals surface area (Å²) in [6, 6.07) is 0. The second-order valence-electron chi connectivity index (χ2n) is 6.31. The number of nitrogens with zero attached hydrogens (tertiary/aromatic N) is 1. The number of Topliss-reactive ketones (excluding diaryl/α,β-unsaturated/α-hetero) is 1. The van der Waals surface area contributed by atoms with Crippen LogP contribution < -0.4 is 0 Å². The van der Waals surface area contributed by atoms with Crippen molar-refractivity contribution in [1.29, 1.82) is 0 Å². The molecule has 0 N–H and O–H groups in total. The van der Waals surface area contributed by atoms with Crippen LogP contribution in [-0.4, -0.2) is 10.8 Å². The Kier molecular flexibility index (Phi) is 4.56. The molecule has 0 aliphatic heterocycles. The Morgan fingerprint density at radius 1 is 1.32 bits per heavy atom. The molecule has 0 radical (unpaired) electrons. The lowest BCUT2D eigenvalue weighted by molar-refractivity contribution is -0.115. The summed E-state index contributed by atoms with van der Waals surface area (Å²) in [7, 11) is 0. The van der Waals surface area contributed by atoms with Gasteiger partial charge in [-0.3, -0.25) is 4.79 Å². The molecule has 0 unspecified atom stereocenters. The number of carbonyl (C=O) groups is 1. The fourth-order valence-electron chi connectivity index (χ4n) is 2.26. The van der Waals surface area contributed by atoms with E-state index in [2.05, 4.69) is 37.2 Å². The van der Waals surface area contributed by atoms with E-state index >= 15 is 0 Å². The average molecular weight is 277 g/mol. The predicted octanol–water partition coefficient (Wildman–Crippen LogP) is 4.44. The van der Waals surface area contributed by atoms with Crippen LogP contribution >= 0.6 is 11.3 Å². The van der Waals surface area contributed by atoms with Gasteiger partial charge >= 0.3 is 0 Å². The number of allylic oxidation sites excluding steroid dienone is 2. The van der Waals surface area contributed by atoms with Gasteiger partial charge in [-0.1, -0.05) is 33.3 Å². The monoisotopic (exact) mass is 277 g/mol. The van der Waals surface area contributed by atoms with Crippen LogP contribution in [0.1, 0.15) is 63.6 Å². The molecule has 0 atom stereocenters. The molecule has 1 heterocycles. The summed E-state index contributed by atoms with van der Waals surface area (Å²) in [6.45, 7) is 6.46. The van der Waals surface area contributed by atoms with E-state index in [9.17, 15) is 4.79 Å². The van der Waals surface area contributed by atoms with Crippen molar-refractivity contribution in [2.45, 2.75) is 64.7 Å². The fourth-order valence-corrected chi connectivity index (χ4v) is 3.28. The van der Waals surface area contributed by atoms with E-state index in [0.717, 1.165) is 35.5 Å². The van der Waals surface area contributed by atoms with Gasteiger partial charge < -0.3 is 0 Å². The van der Waals surface area contributed by atoms with Crippen molar-refractivity contribution in [1.82, 2.24) is 4.98 Å². The molecule has 0 saturated heterocycles. The third-order valence-corrected chi connectivity index (χ3v) is 4.38. The van der Waals surface area contributed by atoms with Crippen LogP contribution in [0.3, 0.4) is 0 Å². The van der Waals surface area contributed by atoms with Crippen LogP contribution in [0.5, 0.6) is 0 Å². The summed E-state index contributed by atoms with van der Waals surface area (Å²) in [4.78, 5) is 16.9. The molecule has 19 heavy (non-hydrogen) atoms. The molecule has 3 heteroatoms. The Balaban J connectivity index is 2.02. The Morgan fingerprint density at radius 2 is 2.11 bits per heavy atom. The number of carbonyl (C=O) groups excluding carboxylic acids is 1. The Hall–Kier alpha value is -0.960. The summed E-state index contributed by atoms with van der Waals surface area (Å²) in [6.07, 6.45) is 8.27. The number of hydrogen-bond acceptors (Lipinski definition) is 3. The van der Waals surface area contributed by atoms with Crippen LogP contribution in [0.15, 0.2) is 17.0 Å². The highest BCUT2D eigenvalue weighted by molar-refractivity contribution is 7.09. The predicted molar refractivity (Wildman–Crippen MR) is 80.7 cm³/mol. The van der Waals surface area contributed by atoms with Crippen LogP contribution in [-0.2, 0) is 16.6 Å². The second-order valence-corrected chi connectivity index (χ2v) is 7.25. The van der Waals surface area contributed by atoms with E-state index in [-0.39, 0.29) is 11.2 Å². The number of hydrogen-bond donors (Lipinski definition) is 0. The number of ketones is 1. The first kappa shape index (κ1) is 14.4. The molecule has 1 aliphatic rings. The van der Waals surface area contributed by atoms with Gasteiger partial charge in [0, 0.05) is 10.8 Å². The maximum atomic E-state index is 12.3. The van der Waals surface area contributed by atoms with Gasteiger partial charge in [0.2, 0.25) is 0 Å². The van der Waals surface area contributed by atoms with Gasteiger partial charge in [0.05, 0.1) is 12.1 Å². The van der Waals surface area contributed by atoms with Gasteiger partial charge in [-0.15, -0.1) is 11.3 Å². The van der Waals surface area contributed by atoms with Crippen molar-refractivity contribution in [3.05, 3.63) is 27.7 Å². The Bertz CT molecular complexity index is 479. The molecule has 1 aliphatic carbocycles. The van der Waals surface area contributed by atoms with E-state index in [0.29, 0.717) is 6.42 Å². The molecule has 0 fully saturated rings. The highest BCUT2D eigenvalue weighted by Gasteiger charge is 2.19. The fraction of sp³-hybridized carbons (Fsp3) is 0.625. The zero-order valence-electron chi connectivity index (χ0n) is 12.2. The minimum atomic E-state index is 0.0688. The van der Waals surface area contributed by atoms with Crippen molar-refractivity contribution >= 4 is 17.1 Å². The van der Waals surface area contributed by atoms with E-state index in [1.54, 1.807) is 11.3 Å². The molecule has 1 aromatic heterocycles. The number of aromatic nitrogens is 1. The lowest BCUT2D eigenvalue weighted by Gasteiger charge is -2.14. The molecule has 0 saturated carbocycles. The normalized spacial score (nSPS) is 16.9. The van der Waals surface area contributed by atoms with Crippen molar-refractivity contribution in [3.8, 4) is 0 Å². The molecule has 0 aromatic carbocycles. The highest BCUT2D eigenvalue weighted by atomic mass is 32.1. The summed E-state index contributed by atoms with van der Waals surface area (Å²) in [5.74, 6) is 0.275. The Labute approximate surface area is 120 Å². The molecule has 2 rings (SSSR count). The minimum absolute atomic E-state index is 0.0688. The summed E-state index contributed by atoms with van der Waals surface area (Å²) >= 11 is 1.61. The zero-order valence-corrected chi connectivity index (χ0v) is 13.0. The highest BCUT2D eigenvalue weighted by Crippen LogP contribution is 2.25. The van der Waals surface area contributed by atoms with Crippen molar-refractivity contribution in [3.63, 3.8) is 0 Å². The third kappa shape index (κ3) is 4.00. The van der Waals surface area contributed by atoms with Gasteiger partial charge in [-0.2, -0.15) is 0 Å². The average Bonchev–Trinajstić information content (AvgIpc) is 2.63. The molecule has 0 amide bonds. The standard InChI is InChI=1S/C16H23NOS/c1-16(2,3)14-11-19-15(17-14)10-13(18)12-8-6-4-5-7-9-12/h8,11H,4-7,9-10H2,1-3H3. The van der Waals surface area contributed by atoms with E-state index < -0.39 is 0 Å². The second kappa shape index (κ2) is 6.00. The summed E-state index contributed by atoms with van der Waals surface area (Å²) in [5.41, 5.74) is 2.19. The van der Waals surface area contributed by atoms with Gasteiger partial charge in [0.15, 0.2) is 5.78 Å². The molecule has 104 valence electrons. The van der Waals surface area contributed by atoms with Gasteiger partial charge in [-0.05, 0) is 31.3 Å². The largest absolute Gasteiger partial charge is 0.294 e. The first-order valence-electron chi connectivity index (χ1n) is 7.14. The minimum Gasteiger partial charge on any atom is -0.294 e. The van der Waals surface area contributed by atoms with Crippen molar-refractivity contribution in [2.24, 2.45) is 0 Å². The van der Waals surface area contributed by atoms with Crippen LogP contribution in [0.25, 0.3) is 0 Å². The van der Waals surface area contributed by atoms with Crippen molar-refractivity contribution < 1.29 is 4.79 Å². The third-order valence-electron chi connectivity index (χ3n) is 3.53. The van der Waals surface area contributed by atoms with E-state index in [1.165, 1.54) is 12.8 Å². The molecule has 2 nitrogen and oxygen atoms in total. The molecular formula is C16H23NOS. The van der Waals surface area contributed by atoms with Crippen molar-refractivity contribution in [2.75, 3.05) is 0 Å². The number of rotatable bonds is 3. The van der Waals surface area contributed by atoms with E-state index in [1.807, 2.05) is 0 Å². The SMILES string of the molecule is CC(C)(C)c1csc(CC(=O)C2=CCCCCC2)n1. The van der Waals surface area contributed by atoms with Gasteiger partial charge in [0.1, 0.15) is 5.01 Å². The first-order valence-corrected chi connectivity index (χ1v) is 8.02. The van der Waals surface area contributed by atoms with Gasteiger partial charge in [-0.25, -0.2) is 4.98 Å². The summed E-state index contributed by atoms with van der Waals surface area (Å²) < 4.78 is 0. The Morgan fingerprint density at radius 3 is 2.79 bits per heavy atom. The number of thiazole rings is 1. The lowest BCUT2D eigenvalue weighted by Crippen LogP contribution is -2.12. The molecule has 0 bridgehead atoms. The molecule has 0 spiro atoms. The maximum absolute atomic E-state index is 12.3. The summed E-state index contributed by atoms with van der Waals surface area (Å²) in [5, 5.41) is 3.05. The quantitative estimate of drug-likeness (QED) is 0.817.